The van der Waals surface area contributed by atoms with Gasteiger partial charge in [0.2, 0.25) is 5.91 Å². The highest BCUT2D eigenvalue weighted by atomic mass is 16.5. The zero-order chi connectivity index (χ0) is 22.0. The van der Waals surface area contributed by atoms with E-state index in [1.165, 1.54) is 0 Å². The van der Waals surface area contributed by atoms with E-state index in [2.05, 4.69) is 5.32 Å². The maximum Gasteiger partial charge on any atom is 0.311 e. The lowest BCUT2D eigenvalue weighted by atomic mass is 10.1. The average molecular weight is 416 g/mol. The minimum Gasteiger partial charge on any atom is -0.455 e. The zero-order valence-corrected chi connectivity index (χ0v) is 17.6. The van der Waals surface area contributed by atoms with Gasteiger partial charge in [0.25, 0.3) is 5.91 Å². The number of anilines is 2. The van der Waals surface area contributed by atoms with Crippen LogP contribution in [0.1, 0.15) is 17.5 Å². The minimum absolute atomic E-state index is 0.0809. The number of esters is 1. The van der Waals surface area contributed by atoms with E-state index in [0.717, 1.165) is 27.6 Å². The van der Waals surface area contributed by atoms with Crippen LogP contribution in [-0.4, -0.2) is 30.9 Å². The van der Waals surface area contributed by atoms with Crippen molar-refractivity contribution in [2.75, 3.05) is 23.4 Å². The number of para-hydroxylation sites is 1. The molecule has 31 heavy (non-hydrogen) atoms. The first-order valence-electron chi connectivity index (χ1n) is 10.2. The number of benzene rings is 3. The van der Waals surface area contributed by atoms with E-state index in [9.17, 15) is 14.4 Å². The lowest BCUT2D eigenvalue weighted by Crippen LogP contribution is -2.29. The summed E-state index contributed by atoms with van der Waals surface area (Å²) in [6.07, 6.45) is 0.0809. The Hall–Kier alpha value is -3.67. The number of nitrogens with zero attached hydrogens (tertiary/aromatic N) is 1. The van der Waals surface area contributed by atoms with Crippen molar-refractivity contribution in [2.45, 2.75) is 20.3 Å². The predicted molar refractivity (Wildman–Crippen MR) is 120 cm³/mol. The van der Waals surface area contributed by atoms with E-state index in [4.69, 9.17) is 4.74 Å². The number of carbonyl (C=O) groups is 3. The molecular formula is C25H24N2O4. The van der Waals surface area contributed by atoms with Gasteiger partial charge in [0.1, 0.15) is 0 Å². The molecule has 3 aromatic rings. The average Bonchev–Trinajstić information content (AvgIpc) is 3.13. The Kier molecular flexibility index (Phi) is 5.71. The van der Waals surface area contributed by atoms with Gasteiger partial charge in [-0.1, -0.05) is 54.6 Å². The molecule has 1 atom stereocenters. The Balaban J connectivity index is 1.37. The number of aryl methyl sites for hydroxylation is 2. The number of hydrogen-bond donors (Lipinski definition) is 1. The van der Waals surface area contributed by atoms with Gasteiger partial charge >= 0.3 is 5.97 Å². The fourth-order valence-electron chi connectivity index (χ4n) is 4.09. The van der Waals surface area contributed by atoms with Crippen LogP contribution in [-0.2, 0) is 19.1 Å². The molecule has 1 heterocycles. The van der Waals surface area contributed by atoms with Crippen molar-refractivity contribution in [1.29, 1.82) is 0 Å². The second-order valence-corrected chi connectivity index (χ2v) is 7.83. The summed E-state index contributed by atoms with van der Waals surface area (Å²) >= 11 is 0. The van der Waals surface area contributed by atoms with Crippen LogP contribution in [0, 0.1) is 19.8 Å². The third-order valence-electron chi connectivity index (χ3n) is 5.58. The summed E-state index contributed by atoms with van der Waals surface area (Å²) in [5.74, 6) is -1.65. The van der Waals surface area contributed by atoms with E-state index < -0.39 is 24.4 Å². The van der Waals surface area contributed by atoms with Crippen molar-refractivity contribution < 1.29 is 19.1 Å². The summed E-state index contributed by atoms with van der Waals surface area (Å²) in [6, 6.07) is 19.2. The molecule has 3 aromatic carbocycles. The van der Waals surface area contributed by atoms with Gasteiger partial charge in [0.05, 0.1) is 5.92 Å². The van der Waals surface area contributed by atoms with Gasteiger partial charge in [0, 0.05) is 29.7 Å². The standard InChI is InChI=1S/C25H24N2O4/c1-16-7-5-8-17(2)24(16)27-14-19(13-23(27)29)25(30)31-15-22(28)26-21-12-6-10-18-9-3-4-11-20(18)21/h3-12,19H,13-15H2,1-2H3,(H,26,28)/t19-/m0/s1. The first-order valence-corrected chi connectivity index (χ1v) is 10.2. The zero-order valence-electron chi connectivity index (χ0n) is 17.6. The van der Waals surface area contributed by atoms with Gasteiger partial charge in [0.15, 0.2) is 6.61 Å². The molecule has 1 fully saturated rings. The van der Waals surface area contributed by atoms with Crippen LogP contribution in [0.25, 0.3) is 10.8 Å². The summed E-state index contributed by atoms with van der Waals surface area (Å²) in [5, 5.41) is 4.72. The van der Waals surface area contributed by atoms with Gasteiger partial charge in [-0.3, -0.25) is 14.4 Å². The lowest BCUT2D eigenvalue weighted by Gasteiger charge is -2.21. The molecule has 1 saturated heterocycles. The van der Waals surface area contributed by atoms with Gasteiger partial charge < -0.3 is 15.0 Å². The lowest BCUT2D eigenvalue weighted by molar-refractivity contribution is -0.151. The van der Waals surface area contributed by atoms with Crippen LogP contribution in [0.5, 0.6) is 0 Å². The summed E-state index contributed by atoms with van der Waals surface area (Å²) < 4.78 is 5.24. The summed E-state index contributed by atoms with van der Waals surface area (Å²) in [4.78, 5) is 39.1. The van der Waals surface area contributed by atoms with Crippen LogP contribution in [0.2, 0.25) is 0 Å². The fourth-order valence-corrected chi connectivity index (χ4v) is 4.09. The molecule has 1 aliphatic heterocycles. The summed E-state index contributed by atoms with van der Waals surface area (Å²) in [6.45, 7) is 3.75. The molecule has 0 unspecified atom stereocenters. The highest BCUT2D eigenvalue weighted by molar-refractivity contribution is 6.03. The van der Waals surface area contributed by atoms with Crippen LogP contribution < -0.4 is 10.2 Å². The molecule has 6 nitrogen and oxygen atoms in total. The molecule has 0 spiro atoms. The quantitative estimate of drug-likeness (QED) is 0.638. The van der Waals surface area contributed by atoms with E-state index in [1.54, 1.807) is 11.0 Å². The normalized spacial score (nSPS) is 15.9. The molecular weight excluding hydrogens is 392 g/mol. The summed E-state index contributed by atoms with van der Waals surface area (Å²) in [5.41, 5.74) is 3.47. The third kappa shape index (κ3) is 4.28. The van der Waals surface area contributed by atoms with Crippen molar-refractivity contribution in [1.82, 2.24) is 0 Å². The molecule has 0 radical (unpaired) electrons. The predicted octanol–water partition coefficient (Wildman–Crippen LogP) is 3.99. The van der Waals surface area contributed by atoms with Gasteiger partial charge in [-0.15, -0.1) is 0 Å². The van der Waals surface area contributed by atoms with Crippen molar-refractivity contribution in [3.63, 3.8) is 0 Å². The SMILES string of the molecule is Cc1cccc(C)c1N1C[C@@H](C(=O)OCC(=O)Nc2cccc3ccccc23)CC1=O. The van der Waals surface area contributed by atoms with E-state index in [1.807, 2.05) is 68.4 Å². The monoisotopic (exact) mass is 416 g/mol. The first-order chi connectivity index (χ1) is 14.9. The van der Waals surface area contributed by atoms with Crippen molar-refractivity contribution in [2.24, 2.45) is 5.92 Å². The van der Waals surface area contributed by atoms with Crippen molar-refractivity contribution in [3.05, 3.63) is 71.8 Å². The molecule has 2 amide bonds. The van der Waals surface area contributed by atoms with E-state index in [-0.39, 0.29) is 18.9 Å². The maximum absolute atomic E-state index is 12.5. The van der Waals surface area contributed by atoms with E-state index >= 15 is 0 Å². The number of hydrogen-bond acceptors (Lipinski definition) is 4. The van der Waals surface area contributed by atoms with Crippen molar-refractivity contribution in [3.8, 4) is 0 Å². The Morgan fingerprint density at radius 2 is 1.68 bits per heavy atom. The Morgan fingerprint density at radius 1 is 1.00 bits per heavy atom. The largest absolute Gasteiger partial charge is 0.455 e. The molecule has 0 saturated carbocycles. The van der Waals surface area contributed by atoms with Gasteiger partial charge in [-0.2, -0.15) is 0 Å². The van der Waals surface area contributed by atoms with Gasteiger partial charge in [-0.25, -0.2) is 0 Å². The third-order valence-corrected chi connectivity index (χ3v) is 5.58. The molecule has 0 aliphatic carbocycles. The Labute approximate surface area is 180 Å². The van der Waals surface area contributed by atoms with Crippen LogP contribution in [0.3, 0.4) is 0 Å². The number of ether oxygens (including phenoxy) is 1. The maximum atomic E-state index is 12.5. The van der Waals surface area contributed by atoms with Gasteiger partial charge in [-0.05, 0) is 36.4 Å². The Morgan fingerprint density at radius 3 is 2.45 bits per heavy atom. The second-order valence-electron chi connectivity index (χ2n) is 7.83. The molecule has 4 rings (SSSR count). The highest BCUT2D eigenvalue weighted by Gasteiger charge is 2.37. The fraction of sp³-hybridized carbons (Fsp3) is 0.240. The van der Waals surface area contributed by atoms with Crippen LogP contribution >= 0.6 is 0 Å². The summed E-state index contributed by atoms with van der Waals surface area (Å²) in [7, 11) is 0. The molecule has 0 aromatic heterocycles. The first kappa shape index (κ1) is 20.6. The number of nitrogens with one attached hydrogen (secondary N) is 1. The molecule has 1 aliphatic rings. The van der Waals surface area contributed by atoms with E-state index in [0.29, 0.717) is 5.69 Å². The number of carbonyl (C=O) groups excluding carboxylic acids is 3. The van der Waals surface area contributed by atoms with Crippen molar-refractivity contribution >= 4 is 39.9 Å². The molecule has 158 valence electrons. The van der Waals surface area contributed by atoms with Crippen LogP contribution in [0.4, 0.5) is 11.4 Å². The number of fused-ring (bicyclic) bond motifs is 1. The molecule has 6 heteroatoms. The highest BCUT2D eigenvalue weighted by Crippen LogP contribution is 2.31. The second kappa shape index (κ2) is 8.60. The number of amides is 2. The van der Waals surface area contributed by atoms with Crippen LogP contribution in [0.15, 0.2) is 60.7 Å². The topological polar surface area (TPSA) is 75.7 Å². The smallest absolute Gasteiger partial charge is 0.311 e. The number of rotatable bonds is 5. The molecule has 1 N–H and O–H groups in total. The Bertz CT molecular complexity index is 1150. The molecule has 0 bridgehead atoms. The minimum atomic E-state index is -0.586.